The second-order valence-corrected chi connectivity index (χ2v) is 4.90. The van der Waals surface area contributed by atoms with E-state index in [-0.39, 0.29) is 29.0 Å². The van der Waals surface area contributed by atoms with Crippen molar-refractivity contribution in [3.63, 3.8) is 0 Å². The molecule has 0 spiro atoms. The molecule has 0 aliphatic heterocycles. The first-order chi connectivity index (χ1) is 12.7. The van der Waals surface area contributed by atoms with Crippen LogP contribution in [0.1, 0.15) is 22.8 Å². The molecule has 0 aromatic carbocycles. The summed E-state index contributed by atoms with van der Waals surface area (Å²) in [5.41, 5.74) is 14.0. The zero-order valence-electron chi connectivity index (χ0n) is 15.7. The Morgan fingerprint density at radius 2 is 1.03 bits per heavy atom. The summed E-state index contributed by atoms with van der Waals surface area (Å²) in [5, 5.41) is 51.6. The largest absolute Gasteiger partial charge is 2.00 e. The number of aromatic nitrogens is 4. The van der Waals surface area contributed by atoms with Crippen LogP contribution in [0.15, 0.2) is 12.1 Å². The number of nitrogens with one attached hydrogen (secondary N) is 2. The van der Waals surface area contributed by atoms with Gasteiger partial charge >= 0.3 is 17.1 Å². The first kappa shape index (κ1) is 30.0. The summed E-state index contributed by atoms with van der Waals surface area (Å²) in [6, 6.07) is 3.75. The van der Waals surface area contributed by atoms with E-state index in [0.717, 1.165) is 22.8 Å². The van der Waals surface area contributed by atoms with E-state index in [2.05, 4.69) is 10.2 Å². The fourth-order valence-electron chi connectivity index (χ4n) is 1.75. The Morgan fingerprint density at radius 3 is 1.10 bits per heavy atom. The van der Waals surface area contributed by atoms with E-state index in [4.69, 9.17) is 52.9 Å². The Bertz CT molecular complexity index is 757. The Kier molecular flexibility index (Phi) is 14.9. The van der Waals surface area contributed by atoms with Crippen molar-refractivity contribution in [2.45, 2.75) is 27.7 Å². The van der Waals surface area contributed by atoms with Crippen molar-refractivity contribution in [2.24, 2.45) is 11.5 Å². The van der Waals surface area contributed by atoms with Gasteiger partial charge in [0.1, 0.15) is 0 Å². The minimum absolute atomic E-state index is 0. The van der Waals surface area contributed by atoms with Crippen LogP contribution in [-0.2, 0) is 17.1 Å². The maximum absolute atomic E-state index is 8.25. The second-order valence-electron chi connectivity index (χ2n) is 4.90. The van der Waals surface area contributed by atoms with Crippen LogP contribution < -0.4 is 11.5 Å². The van der Waals surface area contributed by atoms with E-state index >= 15 is 0 Å². The van der Waals surface area contributed by atoms with Crippen LogP contribution in [0.3, 0.4) is 0 Å². The number of rotatable bonds is 0. The number of hydrogen-bond acceptors (Lipinski definition) is 10. The summed E-state index contributed by atoms with van der Waals surface area (Å²) in [6.45, 7) is 7.46. The van der Waals surface area contributed by atoms with Crippen LogP contribution in [0, 0.1) is 69.2 Å². The third-order valence-electron chi connectivity index (χ3n) is 2.48. The summed E-state index contributed by atoms with van der Waals surface area (Å²) < 4.78 is 2.80. The molecular formula is C12H20CuN10O6. The topological polar surface area (TPSA) is 268 Å². The predicted octanol–water partition coefficient (Wildman–Crippen LogP) is 0.00232. The fraction of sp³-hybridized carbons (Fsp3) is 0.333. The van der Waals surface area contributed by atoms with Crippen molar-refractivity contribution in [3.8, 4) is 0 Å². The van der Waals surface area contributed by atoms with Gasteiger partial charge in [0.2, 0.25) is 11.9 Å². The fourth-order valence-corrected chi connectivity index (χ4v) is 1.75. The molecule has 0 aliphatic carbocycles. The van der Waals surface area contributed by atoms with E-state index in [0.29, 0.717) is 0 Å². The van der Waals surface area contributed by atoms with Crippen LogP contribution in [0.2, 0.25) is 0 Å². The Labute approximate surface area is 174 Å². The van der Waals surface area contributed by atoms with Gasteiger partial charge in [0.15, 0.2) is 0 Å². The van der Waals surface area contributed by atoms with Crippen molar-refractivity contribution in [1.29, 1.82) is 10.8 Å². The molecule has 2 aromatic rings. The number of nitrogens with zero attached hydrogens (tertiary/aromatic N) is 6. The second kappa shape index (κ2) is 14.4. The van der Waals surface area contributed by atoms with Gasteiger partial charge in [-0.1, -0.05) is 0 Å². The zero-order valence-corrected chi connectivity index (χ0v) is 16.7. The third-order valence-corrected chi connectivity index (χ3v) is 2.48. The molecule has 0 bridgehead atoms. The van der Waals surface area contributed by atoms with Gasteiger partial charge in [-0.25, -0.2) is 9.36 Å². The van der Waals surface area contributed by atoms with E-state index in [1.54, 1.807) is 0 Å². The van der Waals surface area contributed by atoms with Crippen molar-refractivity contribution >= 4 is 11.9 Å². The van der Waals surface area contributed by atoms with E-state index in [1.807, 2.05) is 39.8 Å². The van der Waals surface area contributed by atoms with Gasteiger partial charge in [0.25, 0.3) is 0 Å². The molecule has 0 aliphatic rings. The van der Waals surface area contributed by atoms with Gasteiger partial charge in [-0.3, -0.25) is 10.8 Å². The molecule has 165 valence electrons. The van der Waals surface area contributed by atoms with E-state index in [1.165, 1.54) is 9.36 Å². The monoisotopic (exact) mass is 463 g/mol. The Balaban J connectivity index is -0.000000336. The summed E-state index contributed by atoms with van der Waals surface area (Å²) in [4.78, 5) is 16.5. The van der Waals surface area contributed by atoms with Crippen LogP contribution in [0.4, 0.5) is 0 Å². The number of aryl methyl sites for hydroxylation is 4. The minimum atomic E-state index is -1.75. The molecule has 0 saturated carbocycles. The van der Waals surface area contributed by atoms with Crippen molar-refractivity contribution in [1.82, 2.24) is 19.6 Å². The maximum atomic E-state index is 8.25. The van der Waals surface area contributed by atoms with Gasteiger partial charge in [0, 0.05) is 11.4 Å². The molecule has 0 fully saturated rings. The van der Waals surface area contributed by atoms with Gasteiger partial charge in [-0.2, -0.15) is 10.2 Å². The van der Waals surface area contributed by atoms with Crippen molar-refractivity contribution in [2.75, 3.05) is 0 Å². The van der Waals surface area contributed by atoms with E-state index in [9.17, 15) is 0 Å². The molecule has 0 atom stereocenters. The molecule has 1 radical (unpaired) electrons. The Hall–Kier alpha value is -3.72. The average Bonchev–Trinajstić information content (AvgIpc) is 2.99. The number of nitrogen functional groups attached to an aromatic ring is 2. The van der Waals surface area contributed by atoms with Crippen molar-refractivity contribution in [3.05, 3.63) is 65.6 Å². The smallest absolute Gasteiger partial charge is 0.368 e. The van der Waals surface area contributed by atoms with Crippen LogP contribution in [-0.4, -0.2) is 41.7 Å². The van der Waals surface area contributed by atoms with Crippen molar-refractivity contribution < 1.29 is 27.2 Å². The van der Waals surface area contributed by atoms with Gasteiger partial charge in [-0.05, 0) is 39.8 Å². The molecule has 0 saturated heterocycles. The summed E-state index contributed by atoms with van der Waals surface area (Å²) in [6.07, 6.45) is 0. The molecular weight excluding hydrogens is 444 g/mol. The molecule has 0 unspecified atom stereocenters. The molecule has 17 heteroatoms. The SMILES string of the molecule is Cc1cc(C)n(C(=N)N)n1.Cc1cc(C)n(C(=N)N)n1.O=[N+]([O-])[O-].O=[N+]([O-])[O-].[Cu+2]. The van der Waals surface area contributed by atoms with Gasteiger partial charge in [-0.15, -0.1) is 0 Å². The summed E-state index contributed by atoms with van der Waals surface area (Å²) >= 11 is 0. The first-order valence-electron chi connectivity index (χ1n) is 7.07. The predicted molar refractivity (Wildman–Crippen MR) is 98.7 cm³/mol. The third kappa shape index (κ3) is 15.1. The molecule has 2 rings (SSSR count). The quantitative estimate of drug-likeness (QED) is 0.133. The normalized spacial score (nSPS) is 8.41. The van der Waals surface area contributed by atoms with Crippen LogP contribution in [0.5, 0.6) is 0 Å². The molecule has 16 nitrogen and oxygen atoms in total. The van der Waals surface area contributed by atoms with Gasteiger partial charge < -0.3 is 42.1 Å². The van der Waals surface area contributed by atoms with E-state index < -0.39 is 10.2 Å². The standard InChI is InChI=1S/2C6H10N4.Cu.2NO3/c2*1-4-3-5(2)10(9-4)6(7)8;;2*2-1(3)4/h2*3H,1-2H3,(H3,7,8);;;/q;;+2;2*-1. The first-order valence-corrected chi connectivity index (χ1v) is 7.07. The minimum Gasteiger partial charge on any atom is -0.368 e. The zero-order chi connectivity index (χ0) is 22.6. The summed E-state index contributed by atoms with van der Waals surface area (Å²) in [5.74, 6) is -0.0730. The summed E-state index contributed by atoms with van der Waals surface area (Å²) in [7, 11) is 0. The number of nitrogens with two attached hydrogens (primary N) is 2. The molecule has 29 heavy (non-hydrogen) atoms. The molecule has 2 aromatic heterocycles. The van der Waals surface area contributed by atoms with Crippen LogP contribution in [0.25, 0.3) is 0 Å². The maximum Gasteiger partial charge on any atom is 2.00 e. The number of hydrogen-bond donors (Lipinski definition) is 4. The Morgan fingerprint density at radius 1 is 0.828 bits per heavy atom. The average molecular weight is 464 g/mol. The van der Waals surface area contributed by atoms with Gasteiger partial charge in [0.05, 0.1) is 21.6 Å². The molecule has 6 N–H and O–H groups in total. The molecule has 2 heterocycles. The van der Waals surface area contributed by atoms with Crippen LogP contribution >= 0.6 is 0 Å². The molecule has 0 amide bonds.